The number of anilines is 1. The summed E-state index contributed by atoms with van der Waals surface area (Å²) >= 11 is 5.01. The molecule has 0 radical (unpaired) electrons. The van der Waals surface area contributed by atoms with Crippen LogP contribution >= 0.6 is 12.2 Å². The second-order valence-electron chi connectivity index (χ2n) is 5.20. The van der Waals surface area contributed by atoms with Crippen molar-refractivity contribution >= 4 is 28.6 Å². The Hall–Kier alpha value is -2.35. The summed E-state index contributed by atoms with van der Waals surface area (Å²) < 4.78 is 76.9. The van der Waals surface area contributed by atoms with Crippen molar-refractivity contribution < 1.29 is 26.3 Å². The van der Waals surface area contributed by atoms with Crippen LogP contribution in [-0.2, 0) is 6.18 Å². The second kappa shape index (κ2) is 6.51. The first kappa shape index (κ1) is 19.0. The lowest BCUT2D eigenvalue weighted by atomic mass is 10.1. The van der Waals surface area contributed by atoms with Crippen molar-refractivity contribution in [2.24, 2.45) is 5.10 Å². The molecule has 1 aromatic carbocycles. The van der Waals surface area contributed by atoms with Crippen LogP contribution in [0.1, 0.15) is 17.5 Å². The van der Waals surface area contributed by atoms with E-state index in [1.807, 2.05) is 0 Å². The monoisotopic (exact) mass is 380 g/mol. The third kappa shape index (κ3) is 4.19. The normalized spacial score (nSPS) is 17.9. The number of nitrogens with zero attached hydrogens (tertiary/aromatic N) is 3. The largest absolute Gasteiger partial charge is 0.431 e. The molecule has 0 fully saturated rings. The average molecular weight is 380 g/mol. The number of benzene rings is 1. The molecule has 1 atom stereocenters. The zero-order valence-corrected chi connectivity index (χ0v) is 13.4. The molecule has 1 aliphatic heterocycles. The van der Waals surface area contributed by atoms with Crippen LogP contribution in [0.2, 0.25) is 0 Å². The topological polar surface area (TPSA) is 51.4 Å². The molecule has 11 heteroatoms. The highest BCUT2D eigenvalue weighted by atomic mass is 32.1. The fourth-order valence-electron chi connectivity index (χ4n) is 2.23. The Morgan fingerprint density at radius 2 is 1.92 bits per heavy atom. The van der Waals surface area contributed by atoms with Crippen molar-refractivity contribution in [2.75, 3.05) is 12.4 Å². The molecule has 0 spiro atoms. The van der Waals surface area contributed by atoms with Gasteiger partial charge in [0.25, 0.3) is 0 Å². The van der Waals surface area contributed by atoms with Gasteiger partial charge in [0, 0.05) is 19.2 Å². The maximum absolute atomic E-state index is 12.9. The number of nitriles is 1. The van der Waals surface area contributed by atoms with Gasteiger partial charge >= 0.3 is 12.4 Å². The second-order valence-corrected chi connectivity index (χ2v) is 5.64. The van der Waals surface area contributed by atoms with Crippen molar-refractivity contribution in [3.8, 4) is 6.07 Å². The van der Waals surface area contributed by atoms with E-state index in [9.17, 15) is 26.3 Å². The summed E-state index contributed by atoms with van der Waals surface area (Å²) in [6.45, 7) is 0. The average Bonchev–Trinajstić information content (AvgIpc) is 2.88. The molecule has 25 heavy (non-hydrogen) atoms. The van der Waals surface area contributed by atoms with Crippen LogP contribution in [0.5, 0.6) is 0 Å². The van der Waals surface area contributed by atoms with Gasteiger partial charge in [0.15, 0.2) is 0 Å². The van der Waals surface area contributed by atoms with Gasteiger partial charge in [-0.25, -0.2) is 0 Å². The summed E-state index contributed by atoms with van der Waals surface area (Å²) in [5.41, 5.74) is -2.82. The molecule has 0 aliphatic carbocycles. The maximum Gasteiger partial charge on any atom is 0.431 e. The third-order valence-electron chi connectivity index (χ3n) is 3.46. The standard InChI is InChI=1S/C14H10F6N4S/c1-24-10(5-11(23-24)14(18,19)20)12(25)22-8-3-2-7(6-21)9(4-8)13(15,16)17/h2-4,10H,5H2,1H3,(H,22,25)/t10-/m1/s1. The first-order valence-electron chi connectivity index (χ1n) is 6.73. The minimum absolute atomic E-state index is 0.0785. The number of likely N-dealkylation sites (N-methyl/N-ethyl adjacent to an activating group) is 1. The van der Waals surface area contributed by atoms with Crippen LogP contribution in [0.3, 0.4) is 0 Å². The number of thiocarbonyl (C=S) groups is 1. The van der Waals surface area contributed by atoms with Gasteiger partial charge in [0.05, 0.1) is 17.2 Å². The molecule has 1 heterocycles. The van der Waals surface area contributed by atoms with E-state index in [1.54, 1.807) is 0 Å². The predicted octanol–water partition coefficient (Wildman–Crippen LogP) is 3.94. The van der Waals surface area contributed by atoms with E-state index in [0.717, 1.165) is 11.1 Å². The van der Waals surface area contributed by atoms with Gasteiger partial charge in [-0.2, -0.15) is 36.7 Å². The van der Waals surface area contributed by atoms with Crippen molar-refractivity contribution in [1.29, 1.82) is 5.26 Å². The number of nitrogens with one attached hydrogen (secondary N) is 1. The van der Waals surface area contributed by atoms with Gasteiger partial charge in [-0.05, 0) is 18.2 Å². The van der Waals surface area contributed by atoms with Crippen LogP contribution in [0, 0.1) is 11.3 Å². The van der Waals surface area contributed by atoms with Gasteiger partial charge in [0.2, 0.25) is 0 Å². The van der Waals surface area contributed by atoms with Gasteiger partial charge in [-0.15, -0.1) is 0 Å². The maximum atomic E-state index is 12.9. The molecular formula is C14H10F6N4S. The molecule has 4 nitrogen and oxygen atoms in total. The number of hydrogen-bond acceptors (Lipinski definition) is 4. The van der Waals surface area contributed by atoms with E-state index >= 15 is 0 Å². The van der Waals surface area contributed by atoms with Gasteiger partial charge in [0.1, 0.15) is 16.7 Å². The van der Waals surface area contributed by atoms with Crippen LogP contribution < -0.4 is 5.32 Å². The number of halogens is 6. The van der Waals surface area contributed by atoms with E-state index in [2.05, 4.69) is 10.4 Å². The van der Waals surface area contributed by atoms with E-state index in [4.69, 9.17) is 17.5 Å². The zero-order valence-electron chi connectivity index (χ0n) is 12.5. The van der Waals surface area contributed by atoms with Gasteiger partial charge in [-0.1, -0.05) is 12.2 Å². The van der Waals surface area contributed by atoms with Crippen LogP contribution in [0.15, 0.2) is 23.3 Å². The third-order valence-corrected chi connectivity index (χ3v) is 3.83. The molecule has 0 aromatic heterocycles. The highest BCUT2D eigenvalue weighted by Gasteiger charge is 2.43. The molecule has 134 valence electrons. The molecule has 1 aromatic rings. The number of alkyl halides is 6. The molecule has 1 aliphatic rings. The number of rotatable bonds is 2. The van der Waals surface area contributed by atoms with Crippen LogP contribution in [0.4, 0.5) is 32.0 Å². The smallest absolute Gasteiger partial charge is 0.348 e. The summed E-state index contributed by atoms with van der Waals surface area (Å²) in [6.07, 6.45) is -9.86. The Morgan fingerprint density at radius 1 is 1.28 bits per heavy atom. The Balaban J connectivity index is 2.19. The number of hydrogen-bond donors (Lipinski definition) is 1. The predicted molar refractivity (Wildman–Crippen MR) is 82.0 cm³/mol. The lowest BCUT2D eigenvalue weighted by Gasteiger charge is -2.21. The summed E-state index contributed by atoms with van der Waals surface area (Å²) in [6, 6.07) is 3.34. The Labute approximate surface area is 143 Å². The number of hydrazone groups is 1. The van der Waals surface area contributed by atoms with E-state index in [-0.39, 0.29) is 10.7 Å². The molecule has 0 saturated carbocycles. The van der Waals surface area contributed by atoms with E-state index in [0.29, 0.717) is 6.07 Å². The van der Waals surface area contributed by atoms with Gasteiger partial charge in [-0.3, -0.25) is 5.01 Å². The first-order valence-corrected chi connectivity index (χ1v) is 7.14. The molecule has 0 bridgehead atoms. The zero-order chi connectivity index (χ0) is 19.0. The van der Waals surface area contributed by atoms with Gasteiger partial charge < -0.3 is 5.32 Å². The lowest BCUT2D eigenvalue weighted by Crippen LogP contribution is -2.35. The summed E-state index contributed by atoms with van der Waals surface area (Å²) in [5, 5.41) is 15.6. The summed E-state index contributed by atoms with van der Waals surface area (Å²) in [7, 11) is 1.29. The summed E-state index contributed by atoms with van der Waals surface area (Å²) in [4.78, 5) is -0.108. The molecule has 0 amide bonds. The minimum Gasteiger partial charge on any atom is -0.348 e. The van der Waals surface area contributed by atoms with E-state index in [1.165, 1.54) is 19.2 Å². The van der Waals surface area contributed by atoms with Crippen molar-refractivity contribution in [3.05, 3.63) is 29.3 Å². The fourth-order valence-corrected chi connectivity index (χ4v) is 2.58. The lowest BCUT2D eigenvalue weighted by molar-refractivity contribution is -0.137. The van der Waals surface area contributed by atoms with Crippen LogP contribution in [-0.4, -0.2) is 35.0 Å². The van der Waals surface area contributed by atoms with E-state index < -0.39 is 41.7 Å². The molecule has 1 N–H and O–H groups in total. The highest BCUT2D eigenvalue weighted by Crippen LogP contribution is 2.34. The minimum atomic E-state index is -4.75. The Kier molecular flexibility index (Phi) is 4.94. The Bertz CT molecular complexity index is 762. The fraction of sp³-hybridized carbons (Fsp3) is 0.357. The highest BCUT2D eigenvalue weighted by molar-refractivity contribution is 7.80. The summed E-state index contributed by atoms with van der Waals surface area (Å²) in [5.74, 6) is 0. The molecule has 0 unspecified atom stereocenters. The SMILES string of the molecule is CN1N=C(C(F)(F)F)C[C@@H]1C(=S)Nc1ccc(C#N)c(C(F)(F)F)c1. The quantitative estimate of drug-likeness (QED) is 0.624. The molecule has 0 saturated heterocycles. The van der Waals surface area contributed by atoms with Crippen LogP contribution in [0.25, 0.3) is 0 Å². The van der Waals surface area contributed by atoms with Crippen molar-refractivity contribution in [2.45, 2.75) is 24.8 Å². The molecular weight excluding hydrogens is 370 g/mol. The Morgan fingerprint density at radius 3 is 2.40 bits per heavy atom. The molecule has 2 rings (SSSR count). The first-order chi connectivity index (χ1) is 11.4. The van der Waals surface area contributed by atoms with Crippen molar-refractivity contribution in [3.63, 3.8) is 0 Å². The van der Waals surface area contributed by atoms with Crippen molar-refractivity contribution in [1.82, 2.24) is 5.01 Å².